The zero-order valence-electron chi connectivity index (χ0n) is 11.2. The molecule has 1 heterocycles. The summed E-state index contributed by atoms with van der Waals surface area (Å²) in [6.45, 7) is 3.03. The fourth-order valence-corrected chi connectivity index (χ4v) is 3.72. The van der Waals surface area contributed by atoms with Gasteiger partial charge in [0.1, 0.15) is 0 Å². The first kappa shape index (κ1) is 12.0. The maximum absolute atomic E-state index is 9.56. The van der Waals surface area contributed by atoms with Gasteiger partial charge in [-0.3, -0.25) is 0 Å². The Balaban J connectivity index is 1.80. The van der Waals surface area contributed by atoms with E-state index in [9.17, 15) is 5.11 Å². The van der Waals surface area contributed by atoms with Gasteiger partial charge in [0.15, 0.2) is 0 Å². The molecule has 98 valence electrons. The number of nitrogens with zero attached hydrogens (tertiary/aromatic N) is 1. The van der Waals surface area contributed by atoms with Crippen LogP contribution in [-0.4, -0.2) is 17.7 Å². The third-order valence-electron chi connectivity index (χ3n) is 4.70. The topological polar surface area (TPSA) is 23.5 Å². The highest BCUT2D eigenvalue weighted by atomic mass is 16.3. The molecule has 18 heavy (non-hydrogen) atoms. The van der Waals surface area contributed by atoms with Crippen molar-refractivity contribution in [3.63, 3.8) is 0 Å². The zero-order chi connectivity index (χ0) is 12.5. The van der Waals surface area contributed by atoms with E-state index in [1.165, 1.54) is 44.3 Å². The quantitative estimate of drug-likeness (QED) is 0.862. The van der Waals surface area contributed by atoms with Gasteiger partial charge < -0.3 is 10.0 Å². The number of fused-ring (bicyclic) bond motifs is 1. The minimum atomic E-state index is -0.361. The zero-order valence-corrected chi connectivity index (χ0v) is 11.2. The van der Waals surface area contributed by atoms with Crippen LogP contribution in [0.1, 0.15) is 50.7 Å². The van der Waals surface area contributed by atoms with E-state index in [0.717, 1.165) is 17.5 Å². The van der Waals surface area contributed by atoms with Gasteiger partial charge in [0, 0.05) is 18.3 Å². The molecule has 2 aliphatic rings. The number of anilines is 1. The second kappa shape index (κ2) is 4.93. The van der Waals surface area contributed by atoms with E-state index in [-0.39, 0.29) is 6.10 Å². The summed E-state index contributed by atoms with van der Waals surface area (Å²) in [5.41, 5.74) is 2.36. The number of hydrogen-bond donors (Lipinski definition) is 1. The Morgan fingerprint density at radius 1 is 1.11 bits per heavy atom. The lowest BCUT2D eigenvalue weighted by molar-refractivity contribution is 0.199. The van der Waals surface area contributed by atoms with Crippen molar-refractivity contribution in [2.75, 3.05) is 11.4 Å². The molecule has 2 nitrogen and oxygen atoms in total. The SMILES string of the molecule is C[C@H](O)c1ccc(N2CCCC3CCCC32)cc1. The Morgan fingerprint density at radius 2 is 1.83 bits per heavy atom. The Bertz CT molecular complexity index is 398. The molecule has 0 bridgehead atoms. The van der Waals surface area contributed by atoms with Crippen LogP contribution >= 0.6 is 0 Å². The average molecular weight is 245 g/mol. The molecule has 0 radical (unpaired) electrons. The predicted octanol–water partition coefficient (Wildman–Crippen LogP) is 3.51. The molecule has 3 rings (SSSR count). The van der Waals surface area contributed by atoms with Crippen LogP contribution in [0, 0.1) is 5.92 Å². The highest BCUT2D eigenvalue weighted by molar-refractivity contribution is 5.49. The largest absolute Gasteiger partial charge is 0.389 e. The number of benzene rings is 1. The molecule has 3 atom stereocenters. The molecule has 0 amide bonds. The lowest BCUT2D eigenvalue weighted by atomic mass is 9.91. The van der Waals surface area contributed by atoms with Gasteiger partial charge in [-0.25, -0.2) is 0 Å². The number of piperidine rings is 1. The molecule has 1 saturated carbocycles. The second-order valence-corrected chi connectivity index (χ2v) is 5.86. The molecule has 1 saturated heterocycles. The van der Waals surface area contributed by atoms with Gasteiger partial charge in [0.2, 0.25) is 0 Å². The smallest absolute Gasteiger partial charge is 0.0761 e. The number of hydrogen-bond acceptors (Lipinski definition) is 2. The Morgan fingerprint density at radius 3 is 2.56 bits per heavy atom. The number of aliphatic hydroxyl groups excluding tert-OH is 1. The average Bonchev–Trinajstić information content (AvgIpc) is 2.87. The van der Waals surface area contributed by atoms with Crippen molar-refractivity contribution in [2.45, 2.75) is 51.2 Å². The third kappa shape index (κ3) is 2.14. The Hall–Kier alpha value is -1.02. The summed E-state index contributed by atoms with van der Waals surface area (Å²) in [6.07, 6.45) is 6.58. The molecule has 0 aromatic heterocycles. The summed E-state index contributed by atoms with van der Waals surface area (Å²) < 4.78 is 0. The summed E-state index contributed by atoms with van der Waals surface area (Å²) in [5.74, 6) is 0.926. The number of rotatable bonds is 2. The molecular formula is C16H23NO. The van der Waals surface area contributed by atoms with E-state index in [0.29, 0.717) is 0 Å². The van der Waals surface area contributed by atoms with Crippen LogP contribution in [0.3, 0.4) is 0 Å². The van der Waals surface area contributed by atoms with Crippen LogP contribution in [0.15, 0.2) is 24.3 Å². The molecule has 1 aromatic carbocycles. The van der Waals surface area contributed by atoms with E-state index >= 15 is 0 Å². The lowest BCUT2D eigenvalue weighted by Gasteiger charge is -2.39. The molecule has 1 aliphatic heterocycles. The summed E-state index contributed by atoms with van der Waals surface area (Å²) in [7, 11) is 0. The minimum Gasteiger partial charge on any atom is -0.389 e. The highest BCUT2D eigenvalue weighted by Crippen LogP contribution is 2.39. The first-order valence-corrected chi connectivity index (χ1v) is 7.30. The fourth-order valence-electron chi connectivity index (χ4n) is 3.72. The van der Waals surface area contributed by atoms with Crippen LogP contribution in [0.2, 0.25) is 0 Å². The molecule has 1 aromatic rings. The molecule has 2 heteroatoms. The first-order chi connectivity index (χ1) is 8.75. The molecule has 1 N–H and O–H groups in total. The summed E-state index contributed by atoms with van der Waals surface area (Å²) in [5, 5.41) is 9.56. The van der Waals surface area contributed by atoms with E-state index < -0.39 is 0 Å². The van der Waals surface area contributed by atoms with Gasteiger partial charge in [-0.05, 0) is 56.2 Å². The maximum atomic E-state index is 9.56. The van der Waals surface area contributed by atoms with E-state index in [4.69, 9.17) is 0 Å². The highest BCUT2D eigenvalue weighted by Gasteiger charge is 2.34. The molecule has 0 spiro atoms. The van der Waals surface area contributed by atoms with E-state index in [2.05, 4.69) is 29.2 Å². The van der Waals surface area contributed by atoms with Crippen molar-refractivity contribution in [3.8, 4) is 0 Å². The van der Waals surface area contributed by atoms with Gasteiger partial charge in [0.05, 0.1) is 6.10 Å². The van der Waals surface area contributed by atoms with Gasteiger partial charge in [-0.1, -0.05) is 18.6 Å². The van der Waals surface area contributed by atoms with Crippen LogP contribution in [0.4, 0.5) is 5.69 Å². The van der Waals surface area contributed by atoms with Crippen LogP contribution in [0.5, 0.6) is 0 Å². The normalized spacial score (nSPS) is 29.1. The van der Waals surface area contributed by atoms with Crippen LogP contribution in [0.25, 0.3) is 0 Å². The van der Waals surface area contributed by atoms with Gasteiger partial charge >= 0.3 is 0 Å². The van der Waals surface area contributed by atoms with Crippen molar-refractivity contribution in [2.24, 2.45) is 5.92 Å². The third-order valence-corrected chi connectivity index (χ3v) is 4.70. The van der Waals surface area contributed by atoms with E-state index in [1.807, 2.05) is 6.92 Å². The van der Waals surface area contributed by atoms with Gasteiger partial charge in [-0.2, -0.15) is 0 Å². The lowest BCUT2D eigenvalue weighted by Crippen LogP contribution is -2.42. The van der Waals surface area contributed by atoms with Crippen molar-refractivity contribution < 1.29 is 5.11 Å². The Kier molecular flexibility index (Phi) is 3.29. The minimum absolute atomic E-state index is 0.361. The van der Waals surface area contributed by atoms with Crippen LogP contribution in [-0.2, 0) is 0 Å². The van der Waals surface area contributed by atoms with Gasteiger partial charge in [0.25, 0.3) is 0 Å². The summed E-state index contributed by atoms with van der Waals surface area (Å²) in [6, 6.07) is 9.28. The Labute approximate surface area is 110 Å². The van der Waals surface area contributed by atoms with E-state index in [1.54, 1.807) is 0 Å². The number of aliphatic hydroxyl groups is 1. The van der Waals surface area contributed by atoms with Crippen molar-refractivity contribution >= 4 is 5.69 Å². The van der Waals surface area contributed by atoms with Crippen molar-refractivity contribution in [1.82, 2.24) is 0 Å². The van der Waals surface area contributed by atoms with Gasteiger partial charge in [-0.15, -0.1) is 0 Å². The molecular weight excluding hydrogens is 222 g/mol. The predicted molar refractivity (Wildman–Crippen MR) is 74.8 cm³/mol. The summed E-state index contributed by atoms with van der Waals surface area (Å²) in [4.78, 5) is 2.60. The first-order valence-electron chi connectivity index (χ1n) is 7.30. The molecule has 2 fully saturated rings. The van der Waals surface area contributed by atoms with Crippen LogP contribution < -0.4 is 4.90 Å². The van der Waals surface area contributed by atoms with Crippen molar-refractivity contribution in [1.29, 1.82) is 0 Å². The van der Waals surface area contributed by atoms with Crippen molar-refractivity contribution in [3.05, 3.63) is 29.8 Å². The monoisotopic (exact) mass is 245 g/mol. The second-order valence-electron chi connectivity index (χ2n) is 5.86. The molecule has 1 aliphatic carbocycles. The fraction of sp³-hybridized carbons (Fsp3) is 0.625. The maximum Gasteiger partial charge on any atom is 0.0761 e. The molecule has 2 unspecified atom stereocenters. The standard InChI is InChI=1S/C16H23NO/c1-12(18)13-7-9-15(10-8-13)17-11-3-5-14-4-2-6-16(14)17/h7-10,12,14,16,18H,2-6,11H2,1H3/t12-,14?,16?/m0/s1. The summed E-state index contributed by atoms with van der Waals surface area (Å²) >= 11 is 0.